The fraction of sp³-hybridized carbons (Fsp3) is 0.250. The highest BCUT2D eigenvalue weighted by molar-refractivity contribution is 5.94. The lowest BCUT2D eigenvalue weighted by atomic mass is 9.95. The molecule has 2 N–H and O–H groups in total. The smallest absolute Gasteiger partial charge is 0.303 e. The van der Waals surface area contributed by atoms with Gasteiger partial charge in [-0.15, -0.1) is 0 Å². The Morgan fingerprint density at radius 1 is 0.730 bits per heavy atom. The van der Waals surface area contributed by atoms with Gasteiger partial charge in [-0.3, -0.25) is 9.59 Å². The summed E-state index contributed by atoms with van der Waals surface area (Å²) in [4.78, 5) is 23.8. The van der Waals surface area contributed by atoms with Gasteiger partial charge in [0.15, 0.2) is 0 Å². The molecule has 1 amide bonds. The maximum Gasteiger partial charge on any atom is 0.303 e. The van der Waals surface area contributed by atoms with Gasteiger partial charge < -0.3 is 15.2 Å². The average molecular weight is 496 g/mol. The molecule has 5 nitrogen and oxygen atoms in total. The second-order valence-corrected chi connectivity index (χ2v) is 9.24. The second kappa shape index (κ2) is 13.3. The monoisotopic (exact) mass is 495 g/mol. The summed E-state index contributed by atoms with van der Waals surface area (Å²) in [5, 5.41) is 14.0. The van der Waals surface area contributed by atoms with Crippen LogP contribution in [0.15, 0.2) is 91.0 Å². The minimum absolute atomic E-state index is 0.0177. The molecule has 190 valence electrons. The van der Waals surface area contributed by atoms with Crippen LogP contribution in [0.5, 0.6) is 5.75 Å². The fourth-order valence-corrected chi connectivity index (χ4v) is 4.49. The van der Waals surface area contributed by atoms with Crippen molar-refractivity contribution in [3.63, 3.8) is 0 Å². The summed E-state index contributed by atoms with van der Waals surface area (Å²) in [7, 11) is 0. The maximum atomic E-state index is 12.9. The van der Waals surface area contributed by atoms with Crippen molar-refractivity contribution >= 4 is 22.6 Å². The van der Waals surface area contributed by atoms with Crippen molar-refractivity contribution in [1.82, 2.24) is 5.32 Å². The largest absolute Gasteiger partial charge is 0.488 e. The number of aryl methyl sites for hydroxylation is 1. The number of carbonyl (C=O) groups excluding carboxylic acids is 1. The minimum atomic E-state index is -0.775. The van der Waals surface area contributed by atoms with Gasteiger partial charge in [0.05, 0.1) is 6.42 Å². The number of rotatable bonds is 13. The molecule has 0 fully saturated rings. The van der Waals surface area contributed by atoms with Gasteiger partial charge in [-0.2, -0.15) is 0 Å². The molecule has 0 aliphatic rings. The molecule has 4 aromatic carbocycles. The highest BCUT2D eigenvalue weighted by Gasteiger charge is 2.13. The van der Waals surface area contributed by atoms with E-state index in [4.69, 9.17) is 9.84 Å². The van der Waals surface area contributed by atoms with Crippen LogP contribution in [-0.4, -0.2) is 23.5 Å². The Morgan fingerprint density at radius 2 is 1.46 bits per heavy atom. The Hall–Kier alpha value is -4.12. The summed E-state index contributed by atoms with van der Waals surface area (Å²) in [6.45, 7) is 1.04. The molecule has 4 aromatic rings. The summed E-state index contributed by atoms with van der Waals surface area (Å²) in [5.74, 6) is -0.0155. The summed E-state index contributed by atoms with van der Waals surface area (Å²) in [6.07, 6.45) is 3.36. The van der Waals surface area contributed by atoms with E-state index >= 15 is 0 Å². The molecular formula is C32H33NO4. The van der Waals surface area contributed by atoms with Crippen molar-refractivity contribution in [1.29, 1.82) is 0 Å². The standard InChI is InChI=1S/C32H33NO4/c34-31(33-19-18-24-10-3-1-4-11-24)22-27-20-26(14-7-8-17-32(35)36)21-29-28(27)15-9-16-30(29)37-23-25-12-5-2-6-13-25/h1-6,9-13,15-16,20-21H,7-8,14,17-19,22-23H2,(H,33,34)(H,35,36). The number of unbranched alkanes of at least 4 members (excludes halogenated alkanes) is 1. The molecule has 0 radical (unpaired) electrons. The molecular weight excluding hydrogens is 462 g/mol. The first-order chi connectivity index (χ1) is 18.1. The topological polar surface area (TPSA) is 75.6 Å². The van der Waals surface area contributed by atoms with Crippen LogP contribution < -0.4 is 10.1 Å². The maximum absolute atomic E-state index is 12.9. The van der Waals surface area contributed by atoms with Crippen LogP contribution in [0.2, 0.25) is 0 Å². The van der Waals surface area contributed by atoms with Crippen LogP contribution in [0.4, 0.5) is 0 Å². The van der Waals surface area contributed by atoms with Gasteiger partial charge in [0.25, 0.3) is 0 Å². The van der Waals surface area contributed by atoms with Gasteiger partial charge in [0.2, 0.25) is 5.91 Å². The number of carbonyl (C=O) groups is 2. The third-order valence-electron chi connectivity index (χ3n) is 6.37. The number of fused-ring (bicyclic) bond motifs is 1. The van der Waals surface area contributed by atoms with Crippen molar-refractivity contribution in [3.8, 4) is 5.75 Å². The summed E-state index contributed by atoms with van der Waals surface area (Å²) in [6, 6.07) is 30.3. The lowest BCUT2D eigenvalue weighted by molar-refractivity contribution is -0.137. The van der Waals surface area contributed by atoms with Gasteiger partial charge in [-0.25, -0.2) is 0 Å². The normalized spacial score (nSPS) is 10.8. The van der Waals surface area contributed by atoms with E-state index in [1.54, 1.807) is 0 Å². The van der Waals surface area contributed by atoms with E-state index in [1.807, 2.05) is 66.7 Å². The molecule has 37 heavy (non-hydrogen) atoms. The van der Waals surface area contributed by atoms with Gasteiger partial charge >= 0.3 is 5.97 Å². The number of benzene rings is 4. The van der Waals surface area contributed by atoms with E-state index in [0.717, 1.165) is 52.5 Å². The van der Waals surface area contributed by atoms with Crippen molar-refractivity contribution in [2.24, 2.45) is 0 Å². The molecule has 4 rings (SSSR count). The van der Waals surface area contributed by atoms with E-state index in [-0.39, 0.29) is 18.7 Å². The van der Waals surface area contributed by atoms with E-state index in [1.165, 1.54) is 5.56 Å². The lowest BCUT2D eigenvalue weighted by Crippen LogP contribution is -2.27. The van der Waals surface area contributed by atoms with Crippen molar-refractivity contribution < 1.29 is 19.4 Å². The Balaban J connectivity index is 1.52. The average Bonchev–Trinajstić information content (AvgIpc) is 2.91. The molecule has 0 aromatic heterocycles. The summed E-state index contributed by atoms with van der Waals surface area (Å²) < 4.78 is 6.21. The van der Waals surface area contributed by atoms with Gasteiger partial charge in [0.1, 0.15) is 12.4 Å². The quantitative estimate of drug-likeness (QED) is 0.219. The molecule has 0 unspecified atom stereocenters. The first kappa shape index (κ1) is 26.0. The Morgan fingerprint density at radius 3 is 2.19 bits per heavy atom. The number of nitrogens with one attached hydrogen (secondary N) is 1. The molecule has 0 heterocycles. The van der Waals surface area contributed by atoms with Gasteiger partial charge in [-0.1, -0.05) is 78.9 Å². The molecule has 0 saturated carbocycles. The SMILES string of the molecule is O=C(O)CCCCc1cc(CC(=O)NCCc2ccccc2)c2cccc(OCc3ccccc3)c2c1. The summed E-state index contributed by atoms with van der Waals surface area (Å²) >= 11 is 0. The van der Waals surface area contributed by atoms with Crippen molar-refractivity contribution in [2.75, 3.05) is 6.54 Å². The van der Waals surface area contributed by atoms with E-state index < -0.39 is 5.97 Å². The zero-order valence-corrected chi connectivity index (χ0v) is 21.0. The van der Waals surface area contributed by atoms with E-state index in [2.05, 4.69) is 29.6 Å². The van der Waals surface area contributed by atoms with Crippen molar-refractivity contribution in [3.05, 3.63) is 113 Å². The molecule has 0 aliphatic heterocycles. The number of carboxylic acid groups (broad SMARTS) is 1. The minimum Gasteiger partial charge on any atom is -0.488 e. The molecule has 0 atom stereocenters. The molecule has 0 bridgehead atoms. The molecule has 0 spiro atoms. The second-order valence-electron chi connectivity index (χ2n) is 9.24. The predicted octanol–water partition coefficient (Wildman–Crippen LogP) is 6.12. The molecule has 5 heteroatoms. The van der Waals surface area contributed by atoms with E-state index in [0.29, 0.717) is 19.6 Å². The Bertz CT molecular complexity index is 1320. The zero-order valence-electron chi connectivity index (χ0n) is 21.0. The highest BCUT2D eigenvalue weighted by atomic mass is 16.5. The van der Waals surface area contributed by atoms with Crippen LogP contribution >= 0.6 is 0 Å². The van der Waals surface area contributed by atoms with Gasteiger partial charge in [-0.05, 0) is 65.5 Å². The number of hydrogen-bond donors (Lipinski definition) is 2. The number of hydrogen-bond acceptors (Lipinski definition) is 3. The van der Waals surface area contributed by atoms with Crippen LogP contribution in [0.3, 0.4) is 0 Å². The zero-order chi connectivity index (χ0) is 25.9. The first-order valence-electron chi connectivity index (χ1n) is 12.8. The third-order valence-corrected chi connectivity index (χ3v) is 6.37. The number of ether oxygens (including phenoxy) is 1. The highest BCUT2D eigenvalue weighted by Crippen LogP contribution is 2.31. The number of amides is 1. The van der Waals surface area contributed by atoms with Crippen LogP contribution in [0.25, 0.3) is 10.8 Å². The molecule has 0 saturated heterocycles. The number of aliphatic carboxylic acids is 1. The van der Waals surface area contributed by atoms with Gasteiger partial charge in [0, 0.05) is 18.4 Å². The third kappa shape index (κ3) is 7.94. The Kier molecular flexibility index (Phi) is 9.30. The van der Waals surface area contributed by atoms with Crippen molar-refractivity contribution in [2.45, 2.75) is 45.1 Å². The van der Waals surface area contributed by atoms with Crippen LogP contribution in [0, 0.1) is 0 Å². The number of carboxylic acids is 1. The Labute approximate surface area is 218 Å². The van der Waals surface area contributed by atoms with Crippen LogP contribution in [-0.2, 0) is 35.5 Å². The summed E-state index contributed by atoms with van der Waals surface area (Å²) in [5.41, 5.74) is 4.31. The lowest BCUT2D eigenvalue weighted by Gasteiger charge is -2.15. The van der Waals surface area contributed by atoms with E-state index in [9.17, 15) is 9.59 Å². The first-order valence-corrected chi connectivity index (χ1v) is 12.8. The predicted molar refractivity (Wildman–Crippen MR) is 147 cm³/mol. The molecule has 0 aliphatic carbocycles. The fourth-order valence-electron chi connectivity index (χ4n) is 4.49. The van der Waals surface area contributed by atoms with Crippen LogP contribution in [0.1, 0.15) is 41.5 Å².